The smallest absolute Gasteiger partial charge is 0.341 e. The zero-order chi connectivity index (χ0) is 16.8. The van der Waals surface area contributed by atoms with Crippen LogP contribution in [0.25, 0.3) is 11.1 Å². The van der Waals surface area contributed by atoms with Gasteiger partial charge in [0.05, 0.1) is 12.2 Å². The molecule has 0 aromatic carbocycles. The van der Waals surface area contributed by atoms with Crippen molar-refractivity contribution in [2.75, 3.05) is 6.61 Å². The lowest BCUT2D eigenvalue weighted by Crippen LogP contribution is -2.09. The van der Waals surface area contributed by atoms with Crippen molar-refractivity contribution < 1.29 is 9.53 Å². The largest absolute Gasteiger partial charge is 0.462 e. The average Bonchev–Trinajstić information content (AvgIpc) is 2.54. The van der Waals surface area contributed by atoms with Gasteiger partial charge in [0.1, 0.15) is 5.15 Å². The van der Waals surface area contributed by atoms with Crippen LogP contribution >= 0.6 is 11.6 Å². The number of hydrogen-bond donors (Lipinski definition) is 0. The fraction of sp³-hybridized carbons (Fsp3) is 0.389. The van der Waals surface area contributed by atoms with Gasteiger partial charge in [0.15, 0.2) is 0 Å². The van der Waals surface area contributed by atoms with Crippen LogP contribution < -0.4 is 0 Å². The van der Waals surface area contributed by atoms with Crippen molar-refractivity contribution in [1.82, 2.24) is 9.97 Å². The van der Waals surface area contributed by atoms with Gasteiger partial charge in [0.25, 0.3) is 0 Å². The van der Waals surface area contributed by atoms with E-state index in [1.165, 1.54) is 0 Å². The first-order valence-electron chi connectivity index (χ1n) is 7.86. The number of nitrogens with zero attached hydrogens (tertiary/aromatic N) is 2. The molecule has 4 nitrogen and oxygen atoms in total. The molecule has 23 heavy (non-hydrogen) atoms. The van der Waals surface area contributed by atoms with Gasteiger partial charge in [-0.2, -0.15) is 0 Å². The lowest BCUT2D eigenvalue weighted by atomic mass is 10.0. The maximum Gasteiger partial charge on any atom is 0.341 e. The van der Waals surface area contributed by atoms with Gasteiger partial charge in [-0.25, -0.2) is 9.78 Å². The van der Waals surface area contributed by atoms with Gasteiger partial charge in [-0.1, -0.05) is 31.9 Å². The fourth-order valence-corrected chi connectivity index (χ4v) is 2.52. The maximum atomic E-state index is 12.2. The lowest BCUT2D eigenvalue weighted by molar-refractivity contribution is 0.0499. The molecule has 0 aliphatic heterocycles. The topological polar surface area (TPSA) is 52.1 Å². The molecule has 0 saturated carbocycles. The van der Waals surface area contributed by atoms with Gasteiger partial charge < -0.3 is 4.74 Å². The normalized spacial score (nSPS) is 10.6. The molecule has 5 heteroatoms. The van der Waals surface area contributed by atoms with Crippen LogP contribution in [0.4, 0.5) is 0 Å². The molecule has 0 bridgehead atoms. The average molecular weight is 333 g/mol. The summed E-state index contributed by atoms with van der Waals surface area (Å²) in [6.07, 6.45) is 4.27. The predicted molar refractivity (Wildman–Crippen MR) is 91.8 cm³/mol. The van der Waals surface area contributed by atoms with E-state index in [2.05, 4.69) is 9.97 Å². The third kappa shape index (κ3) is 4.29. The van der Waals surface area contributed by atoms with E-state index in [4.69, 9.17) is 16.3 Å². The molecule has 0 amide bonds. The molecule has 0 saturated heterocycles. The minimum Gasteiger partial charge on any atom is -0.462 e. The van der Waals surface area contributed by atoms with Gasteiger partial charge in [0.2, 0.25) is 0 Å². The van der Waals surface area contributed by atoms with Crippen molar-refractivity contribution in [2.24, 2.45) is 0 Å². The standard InChI is InChI=1S/C18H21ClN2O2/c1-4-6-9-23-18(22)15-11-14(16(5-2)21-17(15)19)13-7-8-20-12(3)10-13/h7-8,10-11H,4-6,9H2,1-3H3. The first-order valence-corrected chi connectivity index (χ1v) is 8.24. The zero-order valence-corrected chi connectivity index (χ0v) is 14.5. The third-order valence-corrected chi connectivity index (χ3v) is 3.84. The number of halogens is 1. The second-order valence-electron chi connectivity index (χ2n) is 5.35. The Hall–Kier alpha value is -1.94. The molecule has 0 fully saturated rings. The molecule has 0 N–H and O–H groups in total. The van der Waals surface area contributed by atoms with E-state index in [0.717, 1.165) is 41.8 Å². The van der Waals surface area contributed by atoms with E-state index >= 15 is 0 Å². The summed E-state index contributed by atoms with van der Waals surface area (Å²) in [5.41, 5.74) is 3.94. The Bertz CT molecular complexity index is 701. The van der Waals surface area contributed by atoms with Crippen LogP contribution in [0, 0.1) is 6.92 Å². The molecular formula is C18H21ClN2O2. The van der Waals surface area contributed by atoms with Crippen LogP contribution in [0.1, 0.15) is 48.4 Å². The number of esters is 1. The highest BCUT2D eigenvalue weighted by Crippen LogP contribution is 2.28. The van der Waals surface area contributed by atoms with Gasteiger partial charge >= 0.3 is 5.97 Å². The van der Waals surface area contributed by atoms with Crippen LogP contribution in [0.3, 0.4) is 0 Å². The molecule has 2 aromatic heterocycles. The van der Waals surface area contributed by atoms with Gasteiger partial charge in [0, 0.05) is 23.1 Å². The van der Waals surface area contributed by atoms with Gasteiger partial charge in [-0.05, 0) is 43.5 Å². The Morgan fingerprint density at radius 2 is 2.09 bits per heavy atom. The minimum atomic E-state index is -0.425. The lowest BCUT2D eigenvalue weighted by Gasteiger charge is -2.12. The molecule has 2 rings (SSSR count). The summed E-state index contributed by atoms with van der Waals surface area (Å²) < 4.78 is 5.26. The van der Waals surface area contributed by atoms with Crippen molar-refractivity contribution in [3.05, 3.63) is 46.5 Å². The number of aryl methyl sites for hydroxylation is 2. The molecule has 122 valence electrons. The summed E-state index contributed by atoms with van der Waals surface area (Å²) in [6.45, 7) is 6.38. The summed E-state index contributed by atoms with van der Waals surface area (Å²) in [6, 6.07) is 5.65. The van der Waals surface area contributed by atoms with Crippen molar-refractivity contribution >= 4 is 17.6 Å². The van der Waals surface area contributed by atoms with Crippen LogP contribution in [0.2, 0.25) is 5.15 Å². The first kappa shape index (κ1) is 17.4. The number of carbonyl (C=O) groups excluding carboxylic acids is 1. The Morgan fingerprint density at radius 3 is 2.74 bits per heavy atom. The minimum absolute atomic E-state index is 0.192. The number of carbonyl (C=O) groups is 1. The molecule has 0 radical (unpaired) electrons. The Morgan fingerprint density at radius 1 is 1.30 bits per heavy atom. The van der Waals surface area contributed by atoms with Gasteiger partial charge in [-0.3, -0.25) is 4.98 Å². The number of unbranched alkanes of at least 4 members (excludes halogenated alkanes) is 1. The Balaban J connectivity index is 2.42. The molecule has 0 spiro atoms. The quantitative estimate of drug-likeness (QED) is 0.440. The maximum absolute atomic E-state index is 12.2. The summed E-state index contributed by atoms with van der Waals surface area (Å²) in [5, 5.41) is 0.192. The van der Waals surface area contributed by atoms with Crippen molar-refractivity contribution in [1.29, 1.82) is 0 Å². The molecule has 2 heterocycles. The monoisotopic (exact) mass is 332 g/mol. The van der Waals surface area contributed by atoms with Crippen molar-refractivity contribution in [3.8, 4) is 11.1 Å². The molecule has 0 aliphatic rings. The number of rotatable bonds is 6. The van der Waals surface area contributed by atoms with E-state index in [1.54, 1.807) is 12.3 Å². The highest BCUT2D eigenvalue weighted by molar-refractivity contribution is 6.32. The van der Waals surface area contributed by atoms with Crippen LogP contribution in [-0.2, 0) is 11.2 Å². The van der Waals surface area contributed by atoms with E-state index in [1.807, 2.05) is 32.9 Å². The Kier molecular flexibility index (Phi) is 6.11. The SMILES string of the molecule is CCCCOC(=O)c1cc(-c2ccnc(C)c2)c(CC)nc1Cl. The van der Waals surface area contributed by atoms with Crippen molar-refractivity contribution in [2.45, 2.75) is 40.0 Å². The zero-order valence-electron chi connectivity index (χ0n) is 13.7. The predicted octanol–water partition coefficient (Wildman–Crippen LogP) is 4.62. The summed E-state index contributed by atoms with van der Waals surface area (Å²) in [7, 11) is 0. The number of hydrogen-bond acceptors (Lipinski definition) is 4. The second kappa shape index (κ2) is 8.06. The summed E-state index contributed by atoms with van der Waals surface area (Å²) in [5.74, 6) is -0.425. The molecular weight excluding hydrogens is 312 g/mol. The van der Waals surface area contributed by atoms with E-state index in [0.29, 0.717) is 12.2 Å². The molecule has 2 aromatic rings. The van der Waals surface area contributed by atoms with E-state index in [-0.39, 0.29) is 5.15 Å². The highest BCUT2D eigenvalue weighted by atomic mass is 35.5. The molecule has 0 unspecified atom stereocenters. The number of ether oxygens (including phenoxy) is 1. The van der Waals surface area contributed by atoms with E-state index in [9.17, 15) is 4.79 Å². The first-order chi connectivity index (χ1) is 11.1. The van der Waals surface area contributed by atoms with E-state index < -0.39 is 5.97 Å². The summed E-state index contributed by atoms with van der Waals surface area (Å²) in [4.78, 5) is 20.8. The number of pyridine rings is 2. The number of aromatic nitrogens is 2. The third-order valence-electron chi connectivity index (χ3n) is 3.55. The van der Waals surface area contributed by atoms with Crippen LogP contribution in [-0.4, -0.2) is 22.5 Å². The van der Waals surface area contributed by atoms with Crippen LogP contribution in [0.5, 0.6) is 0 Å². The van der Waals surface area contributed by atoms with Gasteiger partial charge in [-0.15, -0.1) is 0 Å². The molecule has 0 atom stereocenters. The molecule has 0 aliphatic carbocycles. The Labute approximate surface area is 141 Å². The summed E-state index contributed by atoms with van der Waals surface area (Å²) >= 11 is 6.18. The second-order valence-corrected chi connectivity index (χ2v) is 5.71. The van der Waals surface area contributed by atoms with Crippen LogP contribution in [0.15, 0.2) is 24.4 Å². The highest BCUT2D eigenvalue weighted by Gasteiger charge is 2.18. The van der Waals surface area contributed by atoms with Crippen molar-refractivity contribution in [3.63, 3.8) is 0 Å². The fourth-order valence-electron chi connectivity index (χ4n) is 2.29.